The summed E-state index contributed by atoms with van der Waals surface area (Å²) in [7, 11) is 0. The Bertz CT molecular complexity index is 1370. The lowest BCUT2D eigenvalue weighted by molar-refractivity contribution is 0.0950. The lowest BCUT2D eigenvalue weighted by Gasteiger charge is -2.24. The minimum atomic E-state index is -0.158. The van der Waals surface area contributed by atoms with Crippen molar-refractivity contribution in [2.24, 2.45) is 0 Å². The fourth-order valence-electron chi connectivity index (χ4n) is 4.06. The van der Waals surface area contributed by atoms with Gasteiger partial charge in [-0.25, -0.2) is 0 Å². The number of fused-ring (bicyclic) bond motifs is 2. The minimum Gasteiger partial charge on any atom is -0.352 e. The van der Waals surface area contributed by atoms with Gasteiger partial charge in [0.25, 0.3) is 11.8 Å². The molecule has 0 unspecified atom stereocenters. The van der Waals surface area contributed by atoms with Crippen molar-refractivity contribution in [3.05, 3.63) is 124 Å². The third kappa shape index (κ3) is 5.26. The van der Waals surface area contributed by atoms with Crippen molar-refractivity contribution in [3.63, 3.8) is 0 Å². The van der Waals surface area contributed by atoms with Crippen LogP contribution in [0.4, 0.5) is 5.69 Å². The molecule has 0 aromatic heterocycles. The molecule has 5 rings (SSSR count). The largest absolute Gasteiger partial charge is 0.352 e. The first-order chi connectivity index (χ1) is 17.1. The molecule has 1 aliphatic rings. The van der Waals surface area contributed by atoms with E-state index in [1.807, 2.05) is 97.1 Å². The summed E-state index contributed by atoms with van der Waals surface area (Å²) in [6.07, 6.45) is 0.754. The van der Waals surface area contributed by atoms with E-state index in [0.717, 1.165) is 27.5 Å². The van der Waals surface area contributed by atoms with Gasteiger partial charge in [0.2, 0.25) is 0 Å². The Balaban J connectivity index is 1.44. The molecule has 4 aromatic carbocycles. The van der Waals surface area contributed by atoms with E-state index in [4.69, 9.17) is 11.6 Å². The molecule has 35 heavy (non-hydrogen) atoms. The van der Waals surface area contributed by atoms with Crippen LogP contribution in [0, 0.1) is 0 Å². The third-order valence-electron chi connectivity index (χ3n) is 5.89. The van der Waals surface area contributed by atoms with E-state index in [0.29, 0.717) is 29.2 Å². The molecule has 4 nitrogen and oxygen atoms in total. The summed E-state index contributed by atoms with van der Waals surface area (Å²) in [5.74, 6) is -0.252. The molecule has 0 bridgehead atoms. The second-order valence-electron chi connectivity index (χ2n) is 8.29. The zero-order valence-electron chi connectivity index (χ0n) is 18.9. The van der Waals surface area contributed by atoms with Gasteiger partial charge in [0, 0.05) is 26.9 Å². The van der Waals surface area contributed by atoms with E-state index < -0.39 is 0 Å². The molecular formula is C29H23ClN2O2S. The summed E-state index contributed by atoms with van der Waals surface area (Å²) in [5, 5.41) is 3.65. The van der Waals surface area contributed by atoms with Gasteiger partial charge < -0.3 is 10.2 Å². The Morgan fingerprint density at radius 3 is 2.37 bits per heavy atom. The molecule has 4 aromatic rings. The number of carbonyl (C=O) groups is 2. The number of hydrogen-bond acceptors (Lipinski definition) is 3. The van der Waals surface area contributed by atoms with Crippen LogP contribution < -0.4 is 10.2 Å². The minimum absolute atomic E-state index is 0.0940. The van der Waals surface area contributed by atoms with Crippen molar-refractivity contribution >= 4 is 40.9 Å². The van der Waals surface area contributed by atoms with Crippen LogP contribution in [0.15, 0.2) is 107 Å². The van der Waals surface area contributed by atoms with Crippen LogP contribution in [0.5, 0.6) is 0 Å². The maximum Gasteiger partial charge on any atom is 0.259 e. The average Bonchev–Trinajstić information content (AvgIpc) is 3.00. The van der Waals surface area contributed by atoms with E-state index in [2.05, 4.69) is 5.32 Å². The summed E-state index contributed by atoms with van der Waals surface area (Å²) in [6.45, 7) is 0.907. The summed E-state index contributed by atoms with van der Waals surface area (Å²) in [5.41, 5.74) is 4.02. The number of amides is 2. The highest BCUT2D eigenvalue weighted by molar-refractivity contribution is 7.99. The number of nitrogens with one attached hydrogen (secondary N) is 1. The molecule has 6 heteroatoms. The number of nitrogens with zero attached hydrogens (tertiary/aromatic N) is 1. The third-order valence-corrected chi connectivity index (χ3v) is 7.28. The lowest BCUT2D eigenvalue weighted by atomic mass is 10.1. The number of hydrogen-bond donors (Lipinski definition) is 1. The maximum atomic E-state index is 13.7. The van der Waals surface area contributed by atoms with Gasteiger partial charge in [-0.1, -0.05) is 78.0 Å². The molecule has 1 N–H and O–H groups in total. The Morgan fingerprint density at radius 2 is 1.57 bits per heavy atom. The lowest BCUT2D eigenvalue weighted by Crippen LogP contribution is -2.31. The highest BCUT2D eigenvalue weighted by Gasteiger charge is 2.28. The summed E-state index contributed by atoms with van der Waals surface area (Å²) in [4.78, 5) is 30.2. The van der Waals surface area contributed by atoms with Gasteiger partial charge in [-0.3, -0.25) is 9.59 Å². The van der Waals surface area contributed by atoms with E-state index >= 15 is 0 Å². The van der Waals surface area contributed by atoms with E-state index in [-0.39, 0.29) is 11.8 Å². The van der Waals surface area contributed by atoms with Gasteiger partial charge >= 0.3 is 0 Å². The highest BCUT2D eigenvalue weighted by atomic mass is 35.5. The van der Waals surface area contributed by atoms with Crippen LogP contribution in [-0.2, 0) is 13.0 Å². The zero-order valence-corrected chi connectivity index (χ0v) is 20.5. The quantitative estimate of drug-likeness (QED) is 0.325. The van der Waals surface area contributed by atoms with Crippen molar-refractivity contribution in [2.45, 2.75) is 22.8 Å². The number of carbonyl (C=O) groups excluding carboxylic acids is 2. The van der Waals surface area contributed by atoms with Gasteiger partial charge in [0.15, 0.2) is 0 Å². The van der Waals surface area contributed by atoms with Crippen LogP contribution in [0.25, 0.3) is 0 Å². The topological polar surface area (TPSA) is 49.4 Å². The standard InChI is InChI=1S/C29H23ClN2O2S/c30-23-13-10-21(11-14-23)19-32-25-18-22(28(33)31-17-16-20-6-2-1-3-7-20)12-15-27(25)35-26-9-5-4-8-24(26)29(32)34/h1-15,18H,16-17,19H2,(H,31,33). The van der Waals surface area contributed by atoms with Crippen molar-refractivity contribution < 1.29 is 9.59 Å². The second-order valence-corrected chi connectivity index (χ2v) is 9.81. The fraction of sp³-hybridized carbons (Fsp3) is 0.103. The van der Waals surface area contributed by atoms with Crippen LogP contribution >= 0.6 is 23.4 Å². The number of rotatable bonds is 6. The van der Waals surface area contributed by atoms with Crippen molar-refractivity contribution in [1.82, 2.24) is 5.32 Å². The van der Waals surface area contributed by atoms with Crippen molar-refractivity contribution in [1.29, 1.82) is 0 Å². The zero-order chi connectivity index (χ0) is 24.2. The molecule has 2 amide bonds. The molecule has 1 aliphatic heterocycles. The van der Waals surface area contributed by atoms with Crippen LogP contribution in [0.1, 0.15) is 31.8 Å². The smallest absolute Gasteiger partial charge is 0.259 e. The van der Waals surface area contributed by atoms with Gasteiger partial charge in [-0.15, -0.1) is 0 Å². The molecule has 0 atom stereocenters. The van der Waals surface area contributed by atoms with Crippen molar-refractivity contribution in [2.75, 3.05) is 11.4 Å². The molecule has 0 saturated carbocycles. The Kier molecular flexibility index (Phi) is 6.89. The first-order valence-electron chi connectivity index (χ1n) is 11.4. The van der Waals surface area contributed by atoms with E-state index in [9.17, 15) is 9.59 Å². The fourth-order valence-corrected chi connectivity index (χ4v) is 5.24. The predicted molar refractivity (Wildman–Crippen MR) is 141 cm³/mol. The Hall–Kier alpha value is -3.54. The maximum absolute atomic E-state index is 13.7. The number of anilines is 1. The monoisotopic (exact) mass is 498 g/mol. The van der Waals surface area contributed by atoms with E-state index in [1.54, 1.807) is 16.7 Å². The van der Waals surface area contributed by atoms with Gasteiger partial charge in [-0.05, 0) is 60.0 Å². The SMILES string of the molecule is O=C(NCCc1ccccc1)c1ccc2c(c1)N(Cc1ccc(Cl)cc1)C(=O)c1ccccc1S2. The predicted octanol–water partition coefficient (Wildman–Crippen LogP) is 6.62. The molecule has 0 radical (unpaired) electrons. The van der Waals surface area contributed by atoms with Gasteiger partial charge in [0.05, 0.1) is 17.8 Å². The summed E-state index contributed by atoms with van der Waals surface area (Å²) in [6, 6.07) is 30.7. The van der Waals surface area contributed by atoms with Gasteiger partial charge in [-0.2, -0.15) is 0 Å². The molecular weight excluding hydrogens is 476 g/mol. The molecule has 0 fully saturated rings. The Labute approximate surface area is 213 Å². The first kappa shape index (κ1) is 23.2. The molecule has 1 heterocycles. The van der Waals surface area contributed by atoms with E-state index in [1.165, 1.54) is 5.56 Å². The first-order valence-corrected chi connectivity index (χ1v) is 12.6. The molecule has 0 saturated heterocycles. The molecule has 0 spiro atoms. The van der Waals surface area contributed by atoms with Crippen LogP contribution in [0.2, 0.25) is 5.02 Å². The van der Waals surface area contributed by atoms with Gasteiger partial charge in [0.1, 0.15) is 0 Å². The number of halogens is 1. The van der Waals surface area contributed by atoms with Crippen LogP contribution in [0.3, 0.4) is 0 Å². The van der Waals surface area contributed by atoms with Crippen LogP contribution in [-0.4, -0.2) is 18.4 Å². The van der Waals surface area contributed by atoms with Crippen molar-refractivity contribution in [3.8, 4) is 0 Å². The molecule has 174 valence electrons. The average molecular weight is 499 g/mol. The second kappa shape index (κ2) is 10.4. The Morgan fingerprint density at radius 1 is 0.829 bits per heavy atom. The normalized spacial score (nSPS) is 12.5. The summed E-state index contributed by atoms with van der Waals surface area (Å²) < 4.78 is 0. The highest BCUT2D eigenvalue weighted by Crippen LogP contribution is 2.42. The molecule has 0 aliphatic carbocycles. The number of benzene rings is 4. The summed E-state index contributed by atoms with van der Waals surface area (Å²) >= 11 is 7.61.